The molecule has 2 fully saturated rings. The average molecular weight is 356 g/mol. The summed E-state index contributed by atoms with van der Waals surface area (Å²) in [5.74, 6) is 0.185. The molecule has 0 saturated carbocycles. The molecule has 1 amide bonds. The molecule has 3 heterocycles. The molecule has 2 saturated heterocycles. The van der Waals surface area contributed by atoms with Gasteiger partial charge in [0, 0.05) is 43.6 Å². The molecular formula is C20H25FN4O. The lowest BCUT2D eigenvalue weighted by atomic mass is 9.89. The van der Waals surface area contributed by atoms with E-state index >= 15 is 0 Å². The number of fused-ring (bicyclic) bond motifs is 1. The summed E-state index contributed by atoms with van der Waals surface area (Å²) in [6, 6.07) is 8.96. The number of hydrogen-bond acceptors (Lipinski definition) is 3. The summed E-state index contributed by atoms with van der Waals surface area (Å²) in [7, 11) is 1.82. The Bertz CT molecular complexity index is 831. The van der Waals surface area contributed by atoms with Crippen molar-refractivity contribution in [2.75, 3.05) is 18.0 Å². The van der Waals surface area contributed by atoms with Gasteiger partial charge in [-0.15, -0.1) is 0 Å². The molecule has 0 N–H and O–H groups in total. The predicted molar refractivity (Wildman–Crippen MR) is 98.6 cm³/mol. The van der Waals surface area contributed by atoms with Gasteiger partial charge < -0.3 is 9.80 Å². The molecule has 6 heteroatoms. The van der Waals surface area contributed by atoms with Gasteiger partial charge in [0.15, 0.2) is 0 Å². The maximum atomic E-state index is 13.8. The standard InChI is InChI=1S/C20H25FN4O/c1-20(2)12-14-13-24(19(26)17-7-9-23(3)22-17)10-8-18(14)25(20)16-6-4-5-15(21)11-16/h4-7,9,11,14,18H,8,10,12-13H2,1-3H3/t14-,18+/m1/s1. The summed E-state index contributed by atoms with van der Waals surface area (Å²) in [5.41, 5.74) is 1.38. The number of benzene rings is 1. The zero-order valence-electron chi connectivity index (χ0n) is 15.5. The highest BCUT2D eigenvalue weighted by Crippen LogP contribution is 2.44. The highest BCUT2D eigenvalue weighted by Gasteiger charge is 2.48. The molecule has 1 aromatic carbocycles. The number of carbonyl (C=O) groups is 1. The summed E-state index contributed by atoms with van der Waals surface area (Å²) in [4.78, 5) is 17.0. The van der Waals surface area contributed by atoms with Gasteiger partial charge in [-0.25, -0.2) is 4.39 Å². The van der Waals surface area contributed by atoms with Gasteiger partial charge in [-0.05, 0) is 56.9 Å². The third-order valence-electron chi connectivity index (χ3n) is 5.75. The first-order valence-electron chi connectivity index (χ1n) is 9.19. The Labute approximate surface area is 153 Å². The molecule has 0 radical (unpaired) electrons. The monoisotopic (exact) mass is 356 g/mol. The molecule has 2 aliphatic heterocycles. The molecule has 0 unspecified atom stereocenters. The van der Waals surface area contributed by atoms with E-state index in [0.29, 0.717) is 24.2 Å². The van der Waals surface area contributed by atoms with Gasteiger partial charge in [0.1, 0.15) is 11.5 Å². The minimum absolute atomic E-state index is 0.00561. The van der Waals surface area contributed by atoms with E-state index in [-0.39, 0.29) is 17.3 Å². The highest BCUT2D eigenvalue weighted by atomic mass is 19.1. The lowest BCUT2D eigenvalue weighted by Gasteiger charge is -2.41. The Morgan fingerprint density at radius 3 is 2.81 bits per heavy atom. The zero-order chi connectivity index (χ0) is 18.5. The van der Waals surface area contributed by atoms with Crippen LogP contribution < -0.4 is 4.90 Å². The van der Waals surface area contributed by atoms with Crippen LogP contribution in [0.15, 0.2) is 36.5 Å². The molecule has 2 aliphatic rings. The fraction of sp³-hybridized carbons (Fsp3) is 0.500. The van der Waals surface area contributed by atoms with Crippen LogP contribution in [0.1, 0.15) is 37.2 Å². The first-order chi connectivity index (χ1) is 12.3. The molecule has 0 bridgehead atoms. The third kappa shape index (κ3) is 2.87. The Balaban J connectivity index is 1.55. The number of amides is 1. The van der Waals surface area contributed by atoms with E-state index in [1.54, 1.807) is 29.1 Å². The van der Waals surface area contributed by atoms with Crippen LogP contribution in [-0.4, -0.2) is 45.3 Å². The van der Waals surface area contributed by atoms with E-state index in [2.05, 4.69) is 23.8 Å². The quantitative estimate of drug-likeness (QED) is 0.830. The minimum atomic E-state index is -0.204. The van der Waals surface area contributed by atoms with Gasteiger partial charge in [-0.1, -0.05) is 6.07 Å². The second-order valence-corrected chi connectivity index (χ2v) is 8.11. The van der Waals surface area contributed by atoms with Gasteiger partial charge in [-0.2, -0.15) is 5.10 Å². The summed E-state index contributed by atoms with van der Waals surface area (Å²) in [5, 5.41) is 4.25. The third-order valence-corrected chi connectivity index (χ3v) is 5.75. The number of anilines is 1. The number of likely N-dealkylation sites (tertiary alicyclic amines) is 1. The fourth-order valence-electron chi connectivity index (χ4n) is 4.79. The van der Waals surface area contributed by atoms with Crippen molar-refractivity contribution in [3.8, 4) is 0 Å². The molecular weight excluding hydrogens is 331 g/mol. The van der Waals surface area contributed by atoms with Crippen LogP contribution in [0, 0.1) is 11.7 Å². The number of halogens is 1. The van der Waals surface area contributed by atoms with Gasteiger partial charge in [0.05, 0.1) is 0 Å². The molecule has 5 nitrogen and oxygen atoms in total. The van der Waals surface area contributed by atoms with E-state index in [1.807, 2.05) is 18.0 Å². The molecule has 2 atom stereocenters. The summed E-state index contributed by atoms with van der Waals surface area (Å²) >= 11 is 0. The fourth-order valence-corrected chi connectivity index (χ4v) is 4.79. The summed E-state index contributed by atoms with van der Waals surface area (Å²) in [6.45, 7) is 5.86. The molecule has 138 valence electrons. The van der Waals surface area contributed by atoms with Crippen molar-refractivity contribution < 1.29 is 9.18 Å². The van der Waals surface area contributed by atoms with Crippen molar-refractivity contribution in [2.45, 2.75) is 38.3 Å². The van der Waals surface area contributed by atoms with Gasteiger partial charge in [0.2, 0.25) is 0 Å². The lowest BCUT2D eigenvalue weighted by Crippen LogP contribution is -2.50. The number of hydrogen-bond donors (Lipinski definition) is 0. The molecule has 0 spiro atoms. The van der Waals surface area contributed by atoms with Crippen molar-refractivity contribution in [3.63, 3.8) is 0 Å². The smallest absolute Gasteiger partial charge is 0.274 e. The van der Waals surface area contributed by atoms with E-state index in [4.69, 9.17) is 0 Å². The minimum Gasteiger partial charge on any atom is -0.363 e. The van der Waals surface area contributed by atoms with E-state index in [1.165, 1.54) is 6.07 Å². The van der Waals surface area contributed by atoms with Crippen LogP contribution in [-0.2, 0) is 7.05 Å². The van der Waals surface area contributed by atoms with Crippen molar-refractivity contribution >= 4 is 11.6 Å². The average Bonchev–Trinajstić information content (AvgIpc) is 3.12. The van der Waals surface area contributed by atoms with Gasteiger partial charge in [0.25, 0.3) is 5.91 Å². The number of rotatable bonds is 2. The predicted octanol–water partition coefficient (Wildman–Crippen LogP) is 3.08. The largest absolute Gasteiger partial charge is 0.363 e. The van der Waals surface area contributed by atoms with Crippen LogP contribution >= 0.6 is 0 Å². The van der Waals surface area contributed by atoms with Crippen molar-refractivity contribution in [3.05, 3.63) is 48.0 Å². The normalized spacial score (nSPS) is 24.6. The first-order valence-corrected chi connectivity index (χ1v) is 9.19. The van der Waals surface area contributed by atoms with Crippen LogP contribution in [0.5, 0.6) is 0 Å². The van der Waals surface area contributed by atoms with Crippen LogP contribution in [0.25, 0.3) is 0 Å². The Morgan fingerprint density at radius 1 is 1.31 bits per heavy atom. The van der Waals surface area contributed by atoms with Crippen molar-refractivity contribution in [1.82, 2.24) is 14.7 Å². The Hall–Kier alpha value is -2.37. The summed E-state index contributed by atoms with van der Waals surface area (Å²) in [6.07, 6.45) is 3.67. The number of aryl methyl sites for hydroxylation is 1. The number of piperidine rings is 1. The SMILES string of the molecule is Cn1ccc(C(=O)N2CC[C@H]3[C@@H](C2)CC(C)(C)N3c2cccc(F)c2)n1. The maximum Gasteiger partial charge on any atom is 0.274 e. The van der Waals surface area contributed by atoms with Gasteiger partial charge in [-0.3, -0.25) is 9.48 Å². The Morgan fingerprint density at radius 2 is 2.12 bits per heavy atom. The van der Waals surface area contributed by atoms with Crippen molar-refractivity contribution in [1.29, 1.82) is 0 Å². The number of carbonyl (C=O) groups excluding carboxylic acids is 1. The zero-order valence-corrected chi connectivity index (χ0v) is 15.5. The van der Waals surface area contributed by atoms with E-state index < -0.39 is 0 Å². The summed E-state index contributed by atoms with van der Waals surface area (Å²) < 4.78 is 15.4. The molecule has 1 aromatic heterocycles. The number of aromatic nitrogens is 2. The molecule has 0 aliphatic carbocycles. The van der Waals surface area contributed by atoms with Crippen LogP contribution in [0.3, 0.4) is 0 Å². The molecule has 26 heavy (non-hydrogen) atoms. The first kappa shape index (κ1) is 17.1. The van der Waals surface area contributed by atoms with Gasteiger partial charge >= 0.3 is 0 Å². The molecule has 4 rings (SSSR count). The maximum absolute atomic E-state index is 13.8. The van der Waals surface area contributed by atoms with Crippen LogP contribution in [0.4, 0.5) is 10.1 Å². The topological polar surface area (TPSA) is 41.4 Å². The highest BCUT2D eigenvalue weighted by molar-refractivity contribution is 5.92. The second-order valence-electron chi connectivity index (χ2n) is 8.11. The lowest BCUT2D eigenvalue weighted by molar-refractivity contribution is 0.0660. The van der Waals surface area contributed by atoms with E-state index in [9.17, 15) is 9.18 Å². The van der Waals surface area contributed by atoms with Crippen molar-refractivity contribution in [2.24, 2.45) is 13.0 Å². The molecule has 2 aromatic rings. The number of nitrogens with zero attached hydrogens (tertiary/aromatic N) is 4. The van der Waals surface area contributed by atoms with Crippen LogP contribution in [0.2, 0.25) is 0 Å². The second kappa shape index (κ2) is 6.11. The Kier molecular flexibility index (Phi) is 4.01. The van der Waals surface area contributed by atoms with E-state index in [0.717, 1.165) is 25.1 Å².